The molecule has 1 saturated heterocycles. The molecule has 0 aromatic heterocycles. The van der Waals surface area contributed by atoms with Crippen molar-refractivity contribution < 1.29 is 28.5 Å². The maximum Gasteiger partial charge on any atom is 0.253 e. The molecule has 1 heterocycles. The number of carbonyl (C=O) groups is 2. The van der Waals surface area contributed by atoms with Gasteiger partial charge < -0.3 is 29.2 Å². The first-order valence-corrected chi connectivity index (χ1v) is 11.4. The zero-order chi connectivity index (χ0) is 24.7. The second-order valence-electron chi connectivity index (χ2n) is 8.03. The molecule has 0 unspecified atom stereocenters. The van der Waals surface area contributed by atoms with Crippen LogP contribution in [0.5, 0.6) is 17.2 Å². The second kappa shape index (κ2) is 11.9. The van der Waals surface area contributed by atoms with Crippen LogP contribution in [-0.4, -0.2) is 71.4 Å². The van der Waals surface area contributed by atoms with Gasteiger partial charge in [-0.2, -0.15) is 0 Å². The standard InChI is InChI=1S/C25H31ClN2O6/c1-31-11-5-10-27-24(29)20-15-28(25(30)16-6-8-18(26)9-7-16)14-19(20)17-12-21(32-2)23(34-4)22(13-17)33-3/h6-9,12-13,19-20H,5,10-11,14-15H2,1-4H3,(H,27,29)/t19-,20+/m1/s1. The van der Waals surface area contributed by atoms with Crippen LogP contribution in [0.1, 0.15) is 28.3 Å². The van der Waals surface area contributed by atoms with E-state index in [-0.39, 0.29) is 17.7 Å². The van der Waals surface area contributed by atoms with Gasteiger partial charge in [-0.1, -0.05) is 11.6 Å². The van der Waals surface area contributed by atoms with Gasteiger partial charge in [-0.05, 0) is 48.4 Å². The lowest BCUT2D eigenvalue weighted by Crippen LogP contribution is -2.36. The van der Waals surface area contributed by atoms with Gasteiger partial charge in [0.05, 0.1) is 27.2 Å². The molecule has 3 rings (SSSR count). The van der Waals surface area contributed by atoms with Crippen molar-refractivity contribution in [3.05, 3.63) is 52.5 Å². The van der Waals surface area contributed by atoms with Crippen LogP contribution in [0, 0.1) is 5.92 Å². The number of hydrogen-bond donors (Lipinski definition) is 1. The topological polar surface area (TPSA) is 86.3 Å². The lowest BCUT2D eigenvalue weighted by atomic mass is 9.88. The van der Waals surface area contributed by atoms with Gasteiger partial charge in [0.25, 0.3) is 5.91 Å². The summed E-state index contributed by atoms with van der Waals surface area (Å²) >= 11 is 5.98. The van der Waals surface area contributed by atoms with Gasteiger partial charge in [0.1, 0.15) is 0 Å². The molecule has 2 aromatic carbocycles. The molecule has 1 fully saturated rings. The van der Waals surface area contributed by atoms with Crippen molar-refractivity contribution in [2.24, 2.45) is 5.92 Å². The maximum atomic E-state index is 13.2. The minimum atomic E-state index is -0.443. The lowest BCUT2D eigenvalue weighted by molar-refractivity contribution is -0.125. The van der Waals surface area contributed by atoms with Crippen LogP contribution in [0.2, 0.25) is 5.02 Å². The van der Waals surface area contributed by atoms with E-state index in [4.69, 9.17) is 30.5 Å². The fourth-order valence-electron chi connectivity index (χ4n) is 4.22. The second-order valence-corrected chi connectivity index (χ2v) is 8.46. The van der Waals surface area contributed by atoms with Crippen LogP contribution in [0.4, 0.5) is 0 Å². The van der Waals surface area contributed by atoms with E-state index in [0.717, 1.165) is 5.56 Å². The smallest absolute Gasteiger partial charge is 0.253 e. The van der Waals surface area contributed by atoms with Gasteiger partial charge >= 0.3 is 0 Å². The summed E-state index contributed by atoms with van der Waals surface area (Å²) in [5, 5.41) is 3.54. The number of hydrogen-bond acceptors (Lipinski definition) is 6. The molecule has 8 nitrogen and oxygen atoms in total. The van der Waals surface area contributed by atoms with Crippen LogP contribution < -0.4 is 19.5 Å². The van der Waals surface area contributed by atoms with Gasteiger partial charge in [0.2, 0.25) is 11.7 Å². The Balaban J connectivity index is 1.92. The predicted molar refractivity (Wildman–Crippen MR) is 129 cm³/mol. The molecule has 34 heavy (non-hydrogen) atoms. The molecule has 2 aromatic rings. The van der Waals surface area contributed by atoms with E-state index < -0.39 is 5.92 Å². The molecule has 0 saturated carbocycles. The number of halogens is 1. The summed E-state index contributed by atoms with van der Waals surface area (Å²) in [6.07, 6.45) is 0.706. The highest BCUT2D eigenvalue weighted by Crippen LogP contribution is 2.43. The summed E-state index contributed by atoms with van der Waals surface area (Å²) in [7, 11) is 6.26. The zero-order valence-corrected chi connectivity index (χ0v) is 20.7. The van der Waals surface area contributed by atoms with Gasteiger partial charge in [-0.3, -0.25) is 9.59 Å². The first-order chi connectivity index (χ1) is 16.4. The number of likely N-dealkylation sites (tertiary alicyclic amines) is 1. The van der Waals surface area contributed by atoms with E-state index in [9.17, 15) is 9.59 Å². The molecule has 1 aliphatic rings. The highest BCUT2D eigenvalue weighted by Gasteiger charge is 2.41. The normalized spacial score (nSPS) is 17.4. The molecule has 0 bridgehead atoms. The van der Waals surface area contributed by atoms with Crippen molar-refractivity contribution in [2.75, 3.05) is 54.7 Å². The fourth-order valence-corrected chi connectivity index (χ4v) is 4.35. The van der Waals surface area contributed by atoms with Crippen molar-refractivity contribution in [3.8, 4) is 17.2 Å². The Labute approximate surface area is 205 Å². The van der Waals surface area contributed by atoms with E-state index in [1.54, 1.807) is 57.6 Å². The molecule has 0 radical (unpaired) electrons. The Bertz CT molecular complexity index is 972. The van der Waals surface area contributed by atoms with Crippen molar-refractivity contribution in [2.45, 2.75) is 12.3 Å². The van der Waals surface area contributed by atoms with E-state index in [0.29, 0.717) is 60.5 Å². The van der Waals surface area contributed by atoms with Gasteiger partial charge in [-0.15, -0.1) is 0 Å². The molecule has 0 spiro atoms. The molecular formula is C25H31ClN2O6. The van der Waals surface area contributed by atoms with Crippen LogP contribution in [0.3, 0.4) is 0 Å². The number of methoxy groups -OCH3 is 4. The molecule has 1 N–H and O–H groups in total. The van der Waals surface area contributed by atoms with E-state index in [1.165, 1.54) is 0 Å². The zero-order valence-electron chi connectivity index (χ0n) is 19.9. The Morgan fingerprint density at radius 3 is 2.21 bits per heavy atom. The van der Waals surface area contributed by atoms with Crippen molar-refractivity contribution in [1.82, 2.24) is 10.2 Å². The lowest BCUT2D eigenvalue weighted by Gasteiger charge is -2.21. The molecular weight excluding hydrogens is 460 g/mol. The Kier molecular flexibility index (Phi) is 9.01. The minimum Gasteiger partial charge on any atom is -0.493 e. The number of nitrogens with one attached hydrogen (secondary N) is 1. The van der Waals surface area contributed by atoms with E-state index in [2.05, 4.69) is 5.32 Å². The van der Waals surface area contributed by atoms with Crippen LogP contribution in [0.15, 0.2) is 36.4 Å². The Hall–Kier alpha value is -2.97. The third-order valence-corrected chi connectivity index (χ3v) is 6.23. The van der Waals surface area contributed by atoms with Gasteiger partial charge in [-0.25, -0.2) is 0 Å². The van der Waals surface area contributed by atoms with Crippen LogP contribution >= 0.6 is 11.6 Å². The molecule has 2 amide bonds. The number of nitrogens with zero attached hydrogens (tertiary/aromatic N) is 1. The number of ether oxygens (including phenoxy) is 4. The summed E-state index contributed by atoms with van der Waals surface area (Å²) in [5.74, 6) is 0.512. The first kappa shape index (κ1) is 25.6. The monoisotopic (exact) mass is 490 g/mol. The van der Waals surface area contributed by atoms with Crippen LogP contribution in [-0.2, 0) is 9.53 Å². The molecule has 2 atom stereocenters. The van der Waals surface area contributed by atoms with Crippen molar-refractivity contribution in [3.63, 3.8) is 0 Å². The highest BCUT2D eigenvalue weighted by atomic mass is 35.5. The van der Waals surface area contributed by atoms with Crippen molar-refractivity contribution >= 4 is 23.4 Å². The molecule has 184 valence electrons. The Morgan fingerprint density at radius 2 is 1.65 bits per heavy atom. The predicted octanol–water partition coefficient (Wildman–Crippen LogP) is 3.37. The average molecular weight is 491 g/mol. The van der Waals surface area contributed by atoms with Gasteiger partial charge in [0, 0.05) is 49.9 Å². The van der Waals surface area contributed by atoms with E-state index >= 15 is 0 Å². The molecule has 9 heteroatoms. The first-order valence-electron chi connectivity index (χ1n) is 11.0. The van der Waals surface area contributed by atoms with Crippen LogP contribution in [0.25, 0.3) is 0 Å². The highest BCUT2D eigenvalue weighted by molar-refractivity contribution is 6.30. The average Bonchev–Trinajstić information content (AvgIpc) is 3.31. The third-order valence-electron chi connectivity index (χ3n) is 5.97. The fraction of sp³-hybridized carbons (Fsp3) is 0.440. The summed E-state index contributed by atoms with van der Waals surface area (Å²) in [6, 6.07) is 10.4. The van der Waals surface area contributed by atoms with E-state index in [1.807, 2.05) is 12.1 Å². The summed E-state index contributed by atoms with van der Waals surface area (Å²) in [5.41, 5.74) is 1.35. The number of rotatable bonds is 10. The van der Waals surface area contributed by atoms with Crippen molar-refractivity contribution in [1.29, 1.82) is 0 Å². The maximum absolute atomic E-state index is 13.2. The largest absolute Gasteiger partial charge is 0.493 e. The number of benzene rings is 2. The molecule has 1 aliphatic heterocycles. The summed E-state index contributed by atoms with van der Waals surface area (Å²) in [4.78, 5) is 28.1. The molecule has 0 aliphatic carbocycles. The van der Waals surface area contributed by atoms with Gasteiger partial charge in [0.15, 0.2) is 11.5 Å². The Morgan fingerprint density at radius 1 is 1.00 bits per heavy atom. The number of amides is 2. The third kappa shape index (κ3) is 5.74. The quantitative estimate of drug-likeness (QED) is 0.514. The summed E-state index contributed by atoms with van der Waals surface area (Å²) < 4.78 is 21.5. The SMILES string of the molecule is COCCCNC(=O)[C@H]1CN(C(=O)c2ccc(Cl)cc2)C[C@@H]1c1cc(OC)c(OC)c(OC)c1. The summed E-state index contributed by atoms with van der Waals surface area (Å²) in [6.45, 7) is 1.72. The number of carbonyl (C=O) groups excluding carboxylic acids is 2. The minimum absolute atomic E-state index is 0.110.